The van der Waals surface area contributed by atoms with E-state index >= 15 is 0 Å². The molecule has 0 spiro atoms. The van der Waals surface area contributed by atoms with Crippen LogP contribution in [0.4, 0.5) is 0 Å². The van der Waals surface area contributed by atoms with Gasteiger partial charge in [-0.2, -0.15) is 0 Å². The summed E-state index contributed by atoms with van der Waals surface area (Å²) in [5.41, 5.74) is -1.10. The van der Waals surface area contributed by atoms with Crippen molar-refractivity contribution in [3.8, 4) is 11.5 Å². The Hall–Kier alpha value is -3.35. The molecule has 2 aromatic carbocycles. The Balaban J connectivity index is 2.60. The predicted molar refractivity (Wildman–Crippen MR) is 96.2 cm³/mol. The molecule has 2 rings (SSSR count). The lowest BCUT2D eigenvalue weighted by Crippen LogP contribution is -2.19. The van der Waals surface area contributed by atoms with Gasteiger partial charge in [-0.25, -0.2) is 9.59 Å². The maximum absolute atomic E-state index is 12.9. The van der Waals surface area contributed by atoms with Crippen LogP contribution >= 0.6 is 0 Å². The molecule has 0 aliphatic carbocycles. The van der Waals surface area contributed by atoms with Crippen molar-refractivity contribution in [3.05, 3.63) is 58.7 Å². The normalized spacial score (nSPS) is 10.3. The largest absolute Gasteiger partial charge is 0.507 e. The van der Waals surface area contributed by atoms with Crippen LogP contribution in [0.3, 0.4) is 0 Å². The third-order valence-electron chi connectivity index (χ3n) is 3.90. The maximum atomic E-state index is 12.9. The van der Waals surface area contributed by atoms with E-state index < -0.39 is 34.6 Å². The first-order valence-corrected chi connectivity index (χ1v) is 8.36. The van der Waals surface area contributed by atoms with E-state index in [-0.39, 0.29) is 23.5 Å². The summed E-state index contributed by atoms with van der Waals surface area (Å²) in [5.74, 6) is -3.40. The van der Waals surface area contributed by atoms with Crippen molar-refractivity contribution in [1.29, 1.82) is 0 Å². The average Bonchev–Trinajstić information content (AvgIpc) is 2.67. The number of hydrogen-bond acceptors (Lipinski definition) is 7. The molecule has 7 heteroatoms. The van der Waals surface area contributed by atoms with E-state index in [2.05, 4.69) is 0 Å². The Labute approximate surface area is 156 Å². The molecular formula is C20H20O7. The lowest BCUT2D eigenvalue weighted by Gasteiger charge is -2.14. The topological polar surface area (TPSA) is 110 Å². The monoisotopic (exact) mass is 372 g/mol. The van der Waals surface area contributed by atoms with Gasteiger partial charge in [-0.15, -0.1) is 0 Å². The molecule has 7 nitrogen and oxygen atoms in total. The quantitative estimate of drug-likeness (QED) is 0.436. The van der Waals surface area contributed by atoms with E-state index in [1.807, 2.05) is 6.92 Å². The van der Waals surface area contributed by atoms with Crippen LogP contribution in [0.1, 0.15) is 56.4 Å². The van der Waals surface area contributed by atoms with E-state index in [0.29, 0.717) is 6.42 Å². The van der Waals surface area contributed by atoms with E-state index in [1.165, 1.54) is 18.2 Å². The molecule has 27 heavy (non-hydrogen) atoms. The van der Waals surface area contributed by atoms with E-state index in [1.54, 1.807) is 12.1 Å². The second-order valence-electron chi connectivity index (χ2n) is 5.71. The van der Waals surface area contributed by atoms with Gasteiger partial charge in [0.2, 0.25) is 0 Å². The van der Waals surface area contributed by atoms with Crippen LogP contribution in [0.5, 0.6) is 11.5 Å². The summed E-state index contributed by atoms with van der Waals surface area (Å²) in [7, 11) is 1.09. The number of aromatic hydroxyl groups is 2. The zero-order chi connectivity index (χ0) is 20.0. The number of para-hydroxylation sites is 1. The number of hydrogen-bond donors (Lipinski definition) is 2. The molecular weight excluding hydrogens is 352 g/mol. The molecule has 0 saturated heterocycles. The van der Waals surface area contributed by atoms with Gasteiger partial charge in [0.15, 0.2) is 5.78 Å². The van der Waals surface area contributed by atoms with Crippen molar-refractivity contribution in [3.63, 3.8) is 0 Å². The number of ketones is 1. The first kappa shape index (κ1) is 20.0. The molecule has 0 aliphatic heterocycles. The van der Waals surface area contributed by atoms with Crippen molar-refractivity contribution in [2.75, 3.05) is 13.7 Å². The number of phenols is 2. The summed E-state index contributed by atoms with van der Waals surface area (Å²) >= 11 is 0. The van der Waals surface area contributed by atoms with Crippen LogP contribution in [-0.2, 0) is 9.47 Å². The van der Waals surface area contributed by atoms with Gasteiger partial charge in [-0.1, -0.05) is 25.5 Å². The van der Waals surface area contributed by atoms with Crippen LogP contribution < -0.4 is 0 Å². The van der Waals surface area contributed by atoms with Gasteiger partial charge in [0.1, 0.15) is 17.1 Å². The lowest BCUT2D eigenvalue weighted by molar-refractivity contribution is 0.0477. The smallest absolute Gasteiger partial charge is 0.342 e. The standard InChI is InChI=1S/C20H20O7/c1-3-4-11-27-20(25)17-15(22)10-9-13(16(17)19(24)26-2)18(23)12-7-5-6-8-14(12)21/h5-10,21-22H,3-4,11H2,1-2H3. The van der Waals surface area contributed by atoms with Gasteiger partial charge < -0.3 is 19.7 Å². The molecule has 0 radical (unpaired) electrons. The first-order valence-electron chi connectivity index (χ1n) is 8.36. The highest BCUT2D eigenvalue weighted by atomic mass is 16.5. The zero-order valence-electron chi connectivity index (χ0n) is 15.0. The number of carbonyl (C=O) groups is 3. The van der Waals surface area contributed by atoms with Gasteiger partial charge in [0.25, 0.3) is 0 Å². The van der Waals surface area contributed by atoms with Crippen molar-refractivity contribution >= 4 is 17.7 Å². The minimum Gasteiger partial charge on any atom is -0.507 e. The van der Waals surface area contributed by atoms with E-state index in [9.17, 15) is 24.6 Å². The zero-order valence-corrected chi connectivity index (χ0v) is 15.0. The number of ether oxygens (including phenoxy) is 2. The summed E-state index contributed by atoms with van der Waals surface area (Å²) in [5, 5.41) is 20.1. The van der Waals surface area contributed by atoms with Gasteiger partial charge in [0.05, 0.1) is 24.8 Å². The average molecular weight is 372 g/mol. The molecule has 142 valence electrons. The molecule has 2 N–H and O–H groups in total. The second kappa shape index (κ2) is 8.84. The number of carbonyl (C=O) groups excluding carboxylic acids is 3. The molecule has 0 bridgehead atoms. The minimum atomic E-state index is -0.980. The highest BCUT2D eigenvalue weighted by Gasteiger charge is 2.30. The number of rotatable bonds is 7. The van der Waals surface area contributed by atoms with Crippen molar-refractivity contribution in [1.82, 2.24) is 0 Å². The Bertz CT molecular complexity index is 871. The van der Waals surface area contributed by atoms with Crippen molar-refractivity contribution < 1.29 is 34.1 Å². The van der Waals surface area contributed by atoms with Gasteiger partial charge in [-0.05, 0) is 30.7 Å². The van der Waals surface area contributed by atoms with E-state index in [0.717, 1.165) is 19.6 Å². The van der Waals surface area contributed by atoms with Crippen molar-refractivity contribution in [2.24, 2.45) is 0 Å². The fourth-order valence-electron chi connectivity index (χ4n) is 2.49. The third-order valence-corrected chi connectivity index (χ3v) is 3.90. The molecule has 0 saturated carbocycles. The van der Waals surface area contributed by atoms with Gasteiger partial charge in [-0.3, -0.25) is 4.79 Å². The van der Waals surface area contributed by atoms with Crippen LogP contribution in [0.15, 0.2) is 36.4 Å². The van der Waals surface area contributed by atoms with Crippen LogP contribution in [0.2, 0.25) is 0 Å². The van der Waals surface area contributed by atoms with E-state index in [4.69, 9.17) is 9.47 Å². The van der Waals surface area contributed by atoms with Crippen LogP contribution in [0.25, 0.3) is 0 Å². The highest BCUT2D eigenvalue weighted by Crippen LogP contribution is 2.30. The molecule has 0 unspecified atom stereocenters. The number of esters is 2. The van der Waals surface area contributed by atoms with Gasteiger partial charge in [0, 0.05) is 5.56 Å². The molecule has 0 amide bonds. The Morgan fingerprint density at radius 3 is 2.22 bits per heavy atom. The molecule has 0 aromatic heterocycles. The summed E-state index contributed by atoms with van der Waals surface area (Å²) < 4.78 is 9.77. The molecule has 0 aliphatic rings. The number of methoxy groups -OCH3 is 1. The first-order chi connectivity index (χ1) is 12.9. The summed E-state index contributed by atoms with van der Waals surface area (Å²) in [4.78, 5) is 37.6. The predicted octanol–water partition coefficient (Wildman–Crippen LogP) is 3.07. The summed E-state index contributed by atoms with van der Waals surface area (Å²) in [6, 6.07) is 8.11. The number of phenolic OH excluding ortho intramolecular Hbond substituents is 2. The Morgan fingerprint density at radius 2 is 1.59 bits per heavy atom. The number of benzene rings is 2. The molecule has 0 atom stereocenters. The second-order valence-corrected chi connectivity index (χ2v) is 5.71. The Morgan fingerprint density at radius 1 is 0.889 bits per heavy atom. The Kier molecular flexibility index (Phi) is 6.54. The summed E-state index contributed by atoms with van der Waals surface area (Å²) in [6.45, 7) is 2.02. The van der Waals surface area contributed by atoms with Crippen LogP contribution in [-0.4, -0.2) is 41.7 Å². The minimum absolute atomic E-state index is 0.0568. The molecule has 0 fully saturated rings. The van der Waals surface area contributed by atoms with Gasteiger partial charge >= 0.3 is 11.9 Å². The molecule has 2 aromatic rings. The fraction of sp³-hybridized carbons (Fsp3) is 0.250. The lowest BCUT2D eigenvalue weighted by atomic mass is 9.93. The van der Waals surface area contributed by atoms with Crippen LogP contribution in [0, 0.1) is 0 Å². The summed E-state index contributed by atoms with van der Waals surface area (Å²) in [6.07, 6.45) is 1.39. The molecule has 0 heterocycles. The fourth-order valence-corrected chi connectivity index (χ4v) is 2.49. The third kappa shape index (κ3) is 4.25. The maximum Gasteiger partial charge on any atom is 0.342 e. The highest BCUT2D eigenvalue weighted by molar-refractivity contribution is 6.19. The number of unbranched alkanes of at least 4 members (excludes halogenated alkanes) is 1. The van der Waals surface area contributed by atoms with Crippen molar-refractivity contribution in [2.45, 2.75) is 19.8 Å². The SMILES string of the molecule is CCCCOC(=O)c1c(O)ccc(C(=O)c2ccccc2O)c1C(=O)OC.